The van der Waals surface area contributed by atoms with Crippen LogP contribution in [-0.4, -0.2) is 61.0 Å². The molecule has 166 valence electrons. The second-order valence-electron chi connectivity index (χ2n) is 9.00. The number of rotatable bonds is 5. The summed E-state index contributed by atoms with van der Waals surface area (Å²) in [6.07, 6.45) is 4.37. The van der Waals surface area contributed by atoms with Crippen LogP contribution < -0.4 is 10.5 Å². The zero-order valence-electron chi connectivity index (χ0n) is 18.3. The van der Waals surface area contributed by atoms with Gasteiger partial charge in [0.15, 0.2) is 5.60 Å². The Morgan fingerprint density at radius 2 is 1.68 bits per heavy atom. The summed E-state index contributed by atoms with van der Waals surface area (Å²) >= 11 is 0. The minimum Gasteiger partial charge on any atom is -0.480 e. The first-order valence-electron chi connectivity index (χ1n) is 10.9. The lowest BCUT2D eigenvalue weighted by atomic mass is 9.71. The van der Waals surface area contributed by atoms with Gasteiger partial charge in [0.1, 0.15) is 11.6 Å². The summed E-state index contributed by atoms with van der Waals surface area (Å²) in [6.45, 7) is 3.17. The number of piperidine rings is 2. The zero-order valence-corrected chi connectivity index (χ0v) is 18.3. The molecule has 7 heteroatoms. The number of hydrogen-bond acceptors (Lipinski definition) is 5. The zero-order chi connectivity index (χ0) is 22.1. The first kappa shape index (κ1) is 21.7. The highest BCUT2D eigenvalue weighted by Crippen LogP contribution is 2.44. The average molecular weight is 427 g/mol. The summed E-state index contributed by atoms with van der Waals surface area (Å²) in [5.74, 6) is -0.374. The van der Waals surface area contributed by atoms with Crippen molar-refractivity contribution in [3.63, 3.8) is 0 Å². The molecule has 0 saturated carbocycles. The van der Waals surface area contributed by atoms with E-state index in [1.54, 1.807) is 12.3 Å². The maximum absolute atomic E-state index is 14.4. The SMILES string of the molecule is CN1CCC(Oc2cc(F)ccc2C2(C(N)=O)CCN(C)CC2)(c2ccccn2)CC1. The first-order valence-corrected chi connectivity index (χ1v) is 10.9. The Hall–Kier alpha value is -2.51. The van der Waals surface area contributed by atoms with E-state index < -0.39 is 16.8 Å². The Morgan fingerprint density at radius 1 is 1.03 bits per heavy atom. The third kappa shape index (κ3) is 4.16. The number of nitrogens with zero attached hydrogens (tertiary/aromatic N) is 3. The molecule has 0 bridgehead atoms. The van der Waals surface area contributed by atoms with Crippen molar-refractivity contribution in [2.75, 3.05) is 40.3 Å². The van der Waals surface area contributed by atoms with Gasteiger partial charge in [-0.3, -0.25) is 9.78 Å². The summed E-state index contributed by atoms with van der Waals surface area (Å²) in [6, 6.07) is 10.3. The van der Waals surface area contributed by atoms with E-state index in [4.69, 9.17) is 10.5 Å². The summed E-state index contributed by atoms with van der Waals surface area (Å²) in [4.78, 5) is 21.8. The summed E-state index contributed by atoms with van der Waals surface area (Å²) in [5.41, 5.74) is 5.92. The molecule has 2 fully saturated rings. The van der Waals surface area contributed by atoms with Crippen molar-refractivity contribution in [1.82, 2.24) is 14.8 Å². The fraction of sp³-hybridized carbons (Fsp3) is 0.500. The van der Waals surface area contributed by atoms with E-state index in [1.165, 1.54) is 12.1 Å². The van der Waals surface area contributed by atoms with Gasteiger partial charge in [0.2, 0.25) is 5.91 Å². The summed E-state index contributed by atoms with van der Waals surface area (Å²) in [5, 5.41) is 0. The van der Waals surface area contributed by atoms with E-state index in [0.717, 1.165) is 44.7 Å². The van der Waals surface area contributed by atoms with Crippen molar-refractivity contribution >= 4 is 5.91 Å². The van der Waals surface area contributed by atoms with E-state index in [1.807, 2.05) is 25.2 Å². The van der Waals surface area contributed by atoms with Crippen molar-refractivity contribution < 1.29 is 13.9 Å². The molecule has 3 heterocycles. The van der Waals surface area contributed by atoms with Crippen molar-refractivity contribution in [1.29, 1.82) is 0 Å². The van der Waals surface area contributed by atoms with E-state index >= 15 is 0 Å². The number of ether oxygens (including phenoxy) is 1. The van der Waals surface area contributed by atoms with Crippen LogP contribution in [0.4, 0.5) is 4.39 Å². The number of amides is 1. The highest BCUT2D eigenvalue weighted by molar-refractivity contribution is 5.87. The molecule has 1 aromatic carbocycles. The molecule has 0 atom stereocenters. The fourth-order valence-corrected chi connectivity index (χ4v) is 4.86. The molecule has 0 aliphatic carbocycles. The van der Waals surface area contributed by atoms with E-state index in [-0.39, 0.29) is 5.91 Å². The molecule has 2 aliphatic rings. The Morgan fingerprint density at radius 3 is 2.26 bits per heavy atom. The molecule has 0 unspecified atom stereocenters. The van der Waals surface area contributed by atoms with Gasteiger partial charge in [-0.2, -0.15) is 0 Å². The number of aromatic nitrogens is 1. The molecule has 31 heavy (non-hydrogen) atoms. The second kappa shape index (κ2) is 8.55. The normalized spacial score (nSPS) is 21.5. The first-order chi connectivity index (χ1) is 14.8. The minimum absolute atomic E-state index is 0.382. The number of carbonyl (C=O) groups excluding carboxylic acids is 1. The highest BCUT2D eigenvalue weighted by Gasteiger charge is 2.45. The number of nitrogens with two attached hydrogens (primary N) is 1. The minimum atomic E-state index is -0.869. The fourth-order valence-electron chi connectivity index (χ4n) is 4.86. The number of likely N-dealkylation sites (tertiary alicyclic amines) is 2. The van der Waals surface area contributed by atoms with Crippen LogP contribution in [0.2, 0.25) is 0 Å². The van der Waals surface area contributed by atoms with Crippen LogP contribution in [-0.2, 0) is 15.8 Å². The average Bonchev–Trinajstić information content (AvgIpc) is 2.77. The quantitative estimate of drug-likeness (QED) is 0.796. The third-order valence-electron chi connectivity index (χ3n) is 7.00. The Labute approximate surface area is 183 Å². The van der Waals surface area contributed by atoms with Crippen molar-refractivity contribution in [3.8, 4) is 5.75 Å². The maximum Gasteiger partial charge on any atom is 0.228 e. The maximum atomic E-state index is 14.4. The van der Waals surface area contributed by atoms with E-state index in [0.29, 0.717) is 24.2 Å². The molecule has 2 N–H and O–H groups in total. The molecule has 4 rings (SSSR count). The van der Waals surface area contributed by atoms with Gasteiger partial charge in [0.05, 0.1) is 11.1 Å². The number of pyridine rings is 1. The van der Waals surface area contributed by atoms with Gasteiger partial charge >= 0.3 is 0 Å². The monoisotopic (exact) mass is 426 g/mol. The van der Waals surface area contributed by atoms with Crippen molar-refractivity contribution in [2.45, 2.75) is 36.7 Å². The molecular formula is C24H31FN4O2. The van der Waals surface area contributed by atoms with Gasteiger partial charge < -0.3 is 20.3 Å². The Kier molecular flexibility index (Phi) is 5.99. The Balaban J connectivity index is 1.78. The van der Waals surface area contributed by atoms with Crippen LogP contribution in [0.15, 0.2) is 42.6 Å². The van der Waals surface area contributed by atoms with Crippen molar-refractivity contribution in [2.24, 2.45) is 5.73 Å². The number of benzene rings is 1. The van der Waals surface area contributed by atoms with Gasteiger partial charge in [0, 0.05) is 43.8 Å². The standard InChI is InChI=1S/C24H31FN4O2/c1-28-13-8-23(9-14-28,22(26)30)19-7-6-18(25)17-20(19)31-24(10-15-29(2)16-11-24)21-5-3-4-12-27-21/h3-7,12,17H,8-11,13-16H2,1-2H3,(H2,26,30). The van der Waals surface area contributed by atoms with Crippen LogP contribution in [0.5, 0.6) is 5.75 Å². The van der Waals surface area contributed by atoms with Gasteiger partial charge in [-0.05, 0) is 58.2 Å². The molecule has 0 radical (unpaired) electrons. The lowest BCUT2D eigenvalue weighted by molar-refractivity contribution is -0.125. The van der Waals surface area contributed by atoms with Gasteiger partial charge in [-0.25, -0.2) is 4.39 Å². The topological polar surface area (TPSA) is 71.7 Å². The largest absolute Gasteiger partial charge is 0.480 e. The highest BCUT2D eigenvalue weighted by atomic mass is 19.1. The van der Waals surface area contributed by atoms with Crippen LogP contribution in [0, 0.1) is 5.82 Å². The molecule has 6 nitrogen and oxygen atoms in total. The number of halogens is 1. The Bertz CT molecular complexity index is 920. The van der Waals surface area contributed by atoms with Gasteiger partial charge in [0.25, 0.3) is 0 Å². The third-order valence-corrected chi connectivity index (χ3v) is 7.00. The lowest BCUT2D eigenvalue weighted by Gasteiger charge is -2.43. The lowest BCUT2D eigenvalue weighted by Crippen LogP contribution is -2.50. The van der Waals surface area contributed by atoms with Gasteiger partial charge in [-0.1, -0.05) is 12.1 Å². The van der Waals surface area contributed by atoms with Crippen LogP contribution in [0.1, 0.15) is 36.9 Å². The molecule has 0 spiro atoms. The van der Waals surface area contributed by atoms with Crippen LogP contribution in [0.3, 0.4) is 0 Å². The second-order valence-corrected chi connectivity index (χ2v) is 9.00. The van der Waals surface area contributed by atoms with E-state index in [2.05, 4.69) is 21.8 Å². The molecule has 1 aromatic heterocycles. The molecule has 2 aliphatic heterocycles. The van der Waals surface area contributed by atoms with Crippen LogP contribution in [0.25, 0.3) is 0 Å². The van der Waals surface area contributed by atoms with Crippen molar-refractivity contribution in [3.05, 3.63) is 59.7 Å². The number of hydrogen-bond donors (Lipinski definition) is 1. The number of primary amides is 1. The molecule has 2 aromatic rings. The summed E-state index contributed by atoms with van der Waals surface area (Å²) < 4.78 is 21.1. The predicted molar refractivity (Wildman–Crippen MR) is 117 cm³/mol. The van der Waals surface area contributed by atoms with Gasteiger partial charge in [-0.15, -0.1) is 0 Å². The summed E-state index contributed by atoms with van der Waals surface area (Å²) in [7, 11) is 4.11. The smallest absolute Gasteiger partial charge is 0.228 e. The molecule has 2 saturated heterocycles. The van der Waals surface area contributed by atoms with Crippen LogP contribution >= 0.6 is 0 Å². The molecular weight excluding hydrogens is 395 g/mol. The number of carbonyl (C=O) groups is 1. The predicted octanol–water partition coefficient (Wildman–Crippen LogP) is 2.67. The molecule has 1 amide bonds. The van der Waals surface area contributed by atoms with E-state index in [9.17, 15) is 9.18 Å².